The molecule has 0 amide bonds. The fourth-order valence-corrected chi connectivity index (χ4v) is 2.05. The highest BCUT2D eigenvalue weighted by molar-refractivity contribution is 5.17. The molecule has 1 atom stereocenters. The lowest BCUT2D eigenvalue weighted by molar-refractivity contribution is 0.399. The standard InChI is InChI=1S/C12H16FN.C3H8/c13-11-5-3-4-10(8-11)9-12-6-1-2-7-14-12;1-3-2/h3-5,8,12,14H,1-2,6-7,9H2;3H2,1-2H3. The Morgan fingerprint density at radius 2 is 2.06 bits per heavy atom. The number of piperidine rings is 1. The maximum atomic E-state index is 12.9. The average molecular weight is 237 g/mol. The molecule has 2 heteroatoms. The number of rotatable bonds is 2. The third-order valence-corrected chi connectivity index (χ3v) is 2.78. The smallest absolute Gasteiger partial charge is 0.123 e. The predicted molar refractivity (Wildman–Crippen MR) is 71.7 cm³/mol. The Morgan fingerprint density at radius 3 is 2.65 bits per heavy atom. The first kappa shape index (κ1) is 14.2. The monoisotopic (exact) mass is 237 g/mol. The Kier molecular flexibility index (Phi) is 6.87. The number of hydrogen-bond donors (Lipinski definition) is 1. The van der Waals surface area contributed by atoms with Gasteiger partial charge in [-0.3, -0.25) is 0 Å². The van der Waals surface area contributed by atoms with Gasteiger partial charge in [0, 0.05) is 6.04 Å². The van der Waals surface area contributed by atoms with E-state index >= 15 is 0 Å². The topological polar surface area (TPSA) is 12.0 Å². The lowest BCUT2D eigenvalue weighted by Crippen LogP contribution is -2.35. The lowest BCUT2D eigenvalue weighted by Gasteiger charge is -2.23. The van der Waals surface area contributed by atoms with Gasteiger partial charge >= 0.3 is 0 Å². The van der Waals surface area contributed by atoms with Crippen LogP contribution < -0.4 is 5.32 Å². The van der Waals surface area contributed by atoms with Gasteiger partial charge < -0.3 is 5.32 Å². The number of nitrogens with one attached hydrogen (secondary N) is 1. The van der Waals surface area contributed by atoms with Crippen molar-refractivity contribution >= 4 is 0 Å². The van der Waals surface area contributed by atoms with Crippen molar-refractivity contribution in [3.63, 3.8) is 0 Å². The van der Waals surface area contributed by atoms with Crippen molar-refractivity contribution in [2.45, 2.75) is 52.0 Å². The van der Waals surface area contributed by atoms with Crippen LogP contribution in [-0.2, 0) is 6.42 Å². The Morgan fingerprint density at radius 1 is 1.29 bits per heavy atom. The van der Waals surface area contributed by atoms with Gasteiger partial charge in [0.2, 0.25) is 0 Å². The third-order valence-electron chi connectivity index (χ3n) is 2.78. The predicted octanol–water partition coefficient (Wildman–Crippen LogP) is 3.93. The Hall–Kier alpha value is -0.890. The summed E-state index contributed by atoms with van der Waals surface area (Å²) >= 11 is 0. The van der Waals surface area contributed by atoms with Crippen LogP contribution in [0, 0.1) is 5.82 Å². The maximum absolute atomic E-state index is 12.9. The van der Waals surface area contributed by atoms with Crippen molar-refractivity contribution < 1.29 is 4.39 Å². The third kappa shape index (κ3) is 5.83. The van der Waals surface area contributed by atoms with Crippen molar-refractivity contribution in [1.29, 1.82) is 0 Å². The van der Waals surface area contributed by atoms with Gasteiger partial charge in [-0.2, -0.15) is 0 Å². The summed E-state index contributed by atoms with van der Waals surface area (Å²) in [7, 11) is 0. The summed E-state index contributed by atoms with van der Waals surface area (Å²) in [6, 6.07) is 7.46. The van der Waals surface area contributed by atoms with Crippen LogP contribution in [0.4, 0.5) is 4.39 Å². The fourth-order valence-electron chi connectivity index (χ4n) is 2.05. The SMILES string of the molecule is CCC.Fc1cccc(CC2CCCCN2)c1. The highest BCUT2D eigenvalue weighted by atomic mass is 19.1. The molecule has 2 rings (SSSR count). The van der Waals surface area contributed by atoms with E-state index in [4.69, 9.17) is 0 Å². The molecule has 1 aromatic rings. The molecule has 1 fully saturated rings. The molecule has 0 bridgehead atoms. The van der Waals surface area contributed by atoms with Crippen LogP contribution in [0.3, 0.4) is 0 Å². The summed E-state index contributed by atoms with van der Waals surface area (Å²) in [5.41, 5.74) is 1.10. The van der Waals surface area contributed by atoms with Gasteiger partial charge in [0.1, 0.15) is 5.82 Å². The minimum absolute atomic E-state index is 0.127. The van der Waals surface area contributed by atoms with Crippen LogP contribution in [0.1, 0.15) is 45.1 Å². The Balaban J connectivity index is 0.000000437. The average Bonchev–Trinajstić information content (AvgIpc) is 2.31. The number of benzene rings is 1. The van der Waals surface area contributed by atoms with E-state index in [1.165, 1.54) is 31.7 Å². The summed E-state index contributed by atoms with van der Waals surface area (Å²) in [4.78, 5) is 0. The summed E-state index contributed by atoms with van der Waals surface area (Å²) in [6.07, 6.45) is 6.00. The van der Waals surface area contributed by atoms with Crippen molar-refractivity contribution in [2.24, 2.45) is 0 Å². The molecule has 0 aromatic heterocycles. The molecular formula is C15H24FN. The van der Waals surface area contributed by atoms with Crippen LogP contribution in [0.2, 0.25) is 0 Å². The molecule has 1 saturated heterocycles. The molecule has 1 nitrogen and oxygen atoms in total. The minimum atomic E-state index is -0.127. The van der Waals surface area contributed by atoms with E-state index in [1.807, 2.05) is 6.07 Å². The van der Waals surface area contributed by atoms with E-state index in [2.05, 4.69) is 19.2 Å². The molecule has 0 saturated carbocycles. The van der Waals surface area contributed by atoms with Crippen LogP contribution in [0.15, 0.2) is 24.3 Å². The highest BCUT2D eigenvalue weighted by Gasteiger charge is 2.12. The highest BCUT2D eigenvalue weighted by Crippen LogP contribution is 2.13. The largest absolute Gasteiger partial charge is 0.314 e. The molecular weight excluding hydrogens is 213 g/mol. The van der Waals surface area contributed by atoms with Crippen LogP contribution in [-0.4, -0.2) is 12.6 Å². The van der Waals surface area contributed by atoms with Gasteiger partial charge in [-0.05, 0) is 43.5 Å². The van der Waals surface area contributed by atoms with E-state index in [9.17, 15) is 4.39 Å². The van der Waals surface area contributed by atoms with Crippen molar-refractivity contribution in [1.82, 2.24) is 5.32 Å². The van der Waals surface area contributed by atoms with E-state index in [0.29, 0.717) is 6.04 Å². The zero-order chi connectivity index (χ0) is 12.5. The molecule has 96 valence electrons. The van der Waals surface area contributed by atoms with Crippen LogP contribution >= 0.6 is 0 Å². The van der Waals surface area contributed by atoms with Crippen molar-refractivity contribution in [2.75, 3.05) is 6.54 Å². The van der Waals surface area contributed by atoms with Gasteiger partial charge in [-0.25, -0.2) is 4.39 Å². The molecule has 0 radical (unpaired) electrons. The minimum Gasteiger partial charge on any atom is -0.314 e. The maximum Gasteiger partial charge on any atom is 0.123 e. The molecule has 1 aliphatic rings. The normalized spacial score (nSPS) is 19.4. The van der Waals surface area contributed by atoms with Gasteiger partial charge in [-0.15, -0.1) is 0 Å². The number of halogens is 1. The first-order valence-electron chi connectivity index (χ1n) is 6.74. The molecule has 1 N–H and O–H groups in total. The first-order chi connectivity index (χ1) is 8.26. The van der Waals surface area contributed by atoms with Gasteiger partial charge in [0.15, 0.2) is 0 Å². The molecule has 1 heterocycles. The molecule has 17 heavy (non-hydrogen) atoms. The Bertz CT molecular complexity index is 306. The second-order valence-corrected chi connectivity index (χ2v) is 4.69. The summed E-state index contributed by atoms with van der Waals surface area (Å²) in [6.45, 7) is 5.36. The van der Waals surface area contributed by atoms with Crippen LogP contribution in [0.25, 0.3) is 0 Å². The molecule has 1 aliphatic heterocycles. The van der Waals surface area contributed by atoms with Crippen LogP contribution in [0.5, 0.6) is 0 Å². The second-order valence-electron chi connectivity index (χ2n) is 4.69. The molecule has 1 aromatic carbocycles. The zero-order valence-corrected chi connectivity index (χ0v) is 11.0. The van der Waals surface area contributed by atoms with Crippen molar-refractivity contribution in [3.05, 3.63) is 35.6 Å². The van der Waals surface area contributed by atoms with Gasteiger partial charge in [0.05, 0.1) is 0 Å². The van der Waals surface area contributed by atoms with Gasteiger partial charge in [-0.1, -0.05) is 38.8 Å². The molecule has 1 unspecified atom stereocenters. The lowest BCUT2D eigenvalue weighted by atomic mass is 9.98. The van der Waals surface area contributed by atoms with E-state index in [-0.39, 0.29) is 5.82 Å². The summed E-state index contributed by atoms with van der Waals surface area (Å²) < 4.78 is 12.9. The Labute approximate surface area is 104 Å². The van der Waals surface area contributed by atoms with E-state index < -0.39 is 0 Å². The van der Waals surface area contributed by atoms with Crippen molar-refractivity contribution in [3.8, 4) is 0 Å². The quantitative estimate of drug-likeness (QED) is 0.822. The molecule has 0 aliphatic carbocycles. The van der Waals surface area contributed by atoms with E-state index in [0.717, 1.165) is 18.5 Å². The molecule has 0 spiro atoms. The summed E-state index contributed by atoms with van der Waals surface area (Å²) in [5.74, 6) is -0.127. The first-order valence-corrected chi connectivity index (χ1v) is 6.74. The van der Waals surface area contributed by atoms with Gasteiger partial charge in [0.25, 0.3) is 0 Å². The second kappa shape index (κ2) is 8.24. The fraction of sp³-hybridized carbons (Fsp3) is 0.600. The summed E-state index contributed by atoms with van der Waals surface area (Å²) in [5, 5.41) is 3.46. The number of hydrogen-bond acceptors (Lipinski definition) is 1. The zero-order valence-electron chi connectivity index (χ0n) is 11.0. The van der Waals surface area contributed by atoms with E-state index in [1.54, 1.807) is 12.1 Å².